The van der Waals surface area contributed by atoms with Crippen LogP contribution in [-0.4, -0.2) is 141 Å². The van der Waals surface area contributed by atoms with Crippen LogP contribution in [0, 0.1) is 12.8 Å². The van der Waals surface area contributed by atoms with E-state index in [-0.39, 0.29) is 60.1 Å². The quantitative estimate of drug-likeness (QED) is 0.0320. The second kappa shape index (κ2) is 31.3. The van der Waals surface area contributed by atoms with Crippen molar-refractivity contribution in [3.8, 4) is 17.3 Å². The molecule has 2 radical (unpaired) electrons. The number of benzene rings is 2. The van der Waals surface area contributed by atoms with Crippen LogP contribution < -0.4 is 15.1 Å². The van der Waals surface area contributed by atoms with E-state index in [4.69, 9.17) is 18.1 Å². The summed E-state index contributed by atoms with van der Waals surface area (Å²) in [6.45, 7) is 5.01. The van der Waals surface area contributed by atoms with Crippen LogP contribution in [0.1, 0.15) is 53.1 Å². The number of nitrogens with zero attached hydrogens (tertiary/aromatic N) is 2. The van der Waals surface area contributed by atoms with Crippen LogP contribution in [0.3, 0.4) is 0 Å². The minimum absolute atomic E-state index is 0.0196. The van der Waals surface area contributed by atoms with Gasteiger partial charge < -0.3 is 0 Å². The molecule has 0 aliphatic heterocycles. The molecule has 0 saturated carbocycles. The summed E-state index contributed by atoms with van der Waals surface area (Å²) in [4.78, 5) is 33.8. The van der Waals surface area contributed by atoms with Crippen molar-refractivity contribution in [2.75, 3.05) is 12.0 Å². The summed E-state index contributed by atoms with van der Waals surface area (Å²) in [5.74, 6) is 0.0436. The van der Waals surface area contributed by atoms with Crippen molar-refractivity contribution >= 4 is 135 Å². The van der Waals surface area contributed by atoms with Gasteiger partial charge in [-0.1, -0.05) is 0 Å². The summed E-state index contributed by atoms with van der Waals surface area (Å²) in [5.41, 5.74) is 6.46. The Labute approximate surface area is 398 Å². The van der Waals surface area contributed by atoms with Gasteiger partial charge in [-0.15, -0.1) is 0 Å². The number of aryl methyl sites for hydroxylation is 2. The average molecular weight is 1200 g/mol. The molecule has 1 aliphatic rings. The third kappa shape index (κ3) is 22.0. The number of hydrogen-bond acceptors (Lipinski definition) is 13. The summed E-state index contributed by atoms with van der Waals surface area (Å²) in [7, 11) is 3.41. The fraction of sp³-hybridized carbons (Fsp3) is 0.317. The van der Waals surface area contributed by atoms with Crippen LogP contribution in [-0.2, 0) is 44.5 Å². The molecule has 0 bridgehead atoms. The van der Waals surface area contributed by atoms with Gasteiger partial charge in [-0.25, -0.2) is 0 Å². The average Bonchev–Trinajstić information content (AvgIpc) is 3.87. The molecule has 1 amide bonds. The van der Waals surface area contributed by atoms with Gasteiger partial charge in [0.25, 0.3) is 0 Å². The SMILES string of the molecule is CC([Se])=NN=C/C=C/c1ccc(O)c(CO)c1.C[Se]O.[CH2+]C(CCC(=O)NC(CS[Se]Cc1cccc(C[Se]SC)c1)C(=O)O)C(=O)[O-].[Se]c1cc2c(o1)-c1occc1CC2. The van der Waals surface area contributed by atoms with Gasteiger partial charge >= 0.3 is 402 Å². The maximum absolute atomic E-state index is 11.8. The Hall–Kier alpha value is -2.62. The van der Waals surface area contributed by atoms with Gasteiger partial charge in [0.15, 0.2) is 0 Å². The number of carbonyl (C=O) groups is 3. The zero-order valence-electron chi connectivity index (χ0n) is 33.5. The third-order valence-corrected chi connectivity index (χ3v) is 15.9. The first-order valence-electron chi connectivity index (χ1n) is 18.1. The molecule has 13 nitrogen and oxygen atoms in total. The summed E-state index contributed by atoms with van der Waals surface area (Å²) >= 11 is 6.19. The number of fused-ring (bicyclic) bond motifs is 3. The van der Waals surface area contributed by atoms with E-state index in [1.807, 2.05) is 35.3 Å². The number of hydrogen-bond donors (Lipinski definition) is 5. The number of aliphatic carboxylic acids is 2. The van der Waals surface area contributed by atoms with Gasteiger partial charge in [0.05, 0.1) is 0 Å². The second-order valence-corrected chi connectivity index (χ2v) is 24.5. The molecular weight excluding hydrogens is 1150 g/mol. The molecule has 5 rings (SSSR count). The number of furan rings is 2. The van der Waals surface area contributed by atoms with E-state index in [2.05, 4.69) is 85.0 Å². The molecule has 2 heterocycles. The first-order valence-corrected chi connectivity index (χ1v) is 31.0. The molecule has 328 valence electrons. The molecule has 2 aromatic carbocycles. The predicted octanol–water partition coefficient (Wildman–Crippen LogP) is 3.12. The predicted molar refractivity (Wildman–Crippen MR) is 247 cm³/mol. The van der Waals surface area contributed by atoms with Crippen LogP contribution >= 0.6 is 20.4 Å². The number of nitrogens with one attached hydrogen (secondary N) is 1. The van der Waals surface area contributed by atoms with E-state index in [1.54, 1.807) is 42.6 Å². The fourth-order valence-electron chi connectivity index (χ4n) is 4.95. The van der Waals surface area contributed by atoms with Gasteiger partial charge in [-0.3, -0.25) is 0 Å². The Morgan fingerprint density at radius 1 is 1.07 bits per heavy atom. The molecule has 4 aromatic rings. The first-order chi connectivity index (χ1) is 29.2. The van der Waals surface area contributed by atoms with Crippen molar-refractivity contribution in [3.05, 3.63) is 107 Å². The number of carboxylic acids is 2. The number of aromatic hydroxyl groups is 1. The molecule has 20 heteroatoms. The minimum atomic E-state index is -1.32. The topological polar surface area (TPSA) is 218 Å². The number of carbonyl (C=O) groups excluding carboxylic acids is 2. The first kappa shape index (κ1) is 54.5. The molecule has 5 N–H and O–H groups in total. The number of rotatable bonds is 18. The molecule has 1 aliphatic carbocycles. The molecule has 2 atom stereocenters. The van der Waals surface area contributed by atoms with Gasteiger partial charge in [0.1, 0.15) is 0 Å². The van der Waals surface area contributed by atoms with Crippen LogP contribution in [0.15, 0.2) is 86.0 Å². The summed E-state index contributed by atoms with van der Waals surface area (Å²) in [6.07, 6.45) is 11.0. The standard InChI is InChI=1S/C18H23NO5S2Se2.C12H13N2O2Se.C10H7O2Se.CH4OSe/c1-12(17(21)22)6-7-16(20)19-15(18(23)24)9-26-28-11-14-5-3-4-13(8-14)10-27-25-2;1-9(17)14-13-6-2-3-10-4-5-12(16)11(7-10)8-15;13-8-5-7-2-1-6-3-4-11-9(6)10(7)12-8;1-3-2/h3-5,8,12,15H,1,6-7,9-11H2,2H3,(H2-,19,20,21,22,23,24);2-7,15-16H,8H2,1H3;3-5H,1-2H2;2H,1H3/b;3-2+,13-6?,14-9?;;. The molecular formula is C41H47N3O10S2Se5. The normalized spacial score (nSPS) is 12.7. The Morgan fingerprint density at radius 2 is 1.75 bits per heavy atom. The van der Waals surface area contributed by atoms with Crippen LogP contribution in [0.5, 0.6) is 5.75 Å². The van der Waals surface area contributed by atoms with Gasteiger partial charge in [0, 0.05) is 0 Å². The molecule has 0 spiro atoms. The number of amides is 1. The second-order valence-electron chi connectivity index (χ2n) is 12.5. The number of aliphatic hydroxyl groups is 1. The van der Waals surface area contributed by atoms with Gasteiger partial charge in [-0.2, -0.15) is 0 Å². The van der Waals surface area contributed by atoms with Crippen LogP contribution in [0.25, 0.3) is 17.6 Å². The van der Waals surface area contributed by atoms with E-state index in [0.29, 0.717) is 19.4 Å². The van der Waals surface area contributed by atoms with Gasteiger partial charge in [-0.05, 0) is 0 Å². The third-order valence-electron chi connectivity index (χ3n) is 7.88. The van der Waals surface area contributed by atoms with E-state index >= 15 is 0 Å². The molecule has 2 unspecified atom stereocenters. The summed E-state index contributed by atoms with van der Waals surface area (Å²) in [5, 5.41) is 50.3. The molecule has 61 heavy (non-hydrogen) atoms. The van der Waals surface area contributed by atoms with E-state index < -0.39 is 29.8 Å². The Bertz CT molecular complexity index is 2060. The van der Waals surface area contributed by atoms with Crippen molar-refractivity contribution < 1.29 is 47.8 Å². The monoisotopic (exact) mass is 1200 g/mol. The van der Waals surface area contributed by atoms with E-state index in [1.165, 1.54) is 32.4 Å². The number of allylic oxidation sites excluding steroid dienone is 1. The number of aliphatic hydroxyl groups excluding tert-OH is 1. The molecule has 0 saturated heterocycles. The Balaban J connectivity index is 0.000000327. The van der Waals surface area contributed by atoms with Crippen molar-refractivity contribution in [1.82, 2.24) is 5.32 Å². The number of phenols is 1. The van der Waals surface area contributed by atoms with Crippen molar-refractivity contribution in [2.24, 2.45) is 16.1 Å². The number of carboxylic acid groups (broad SMARTS) is 2. The Kier molecular flexibility index (Phi) is 27.9. The van der Waals surface area contributed by atoms with Gasteiger partial charge in [0.2, 0.25) is 0 Å². The summed E-state index contributed by atoms with van der Waals surface area (Å²) in [6, 6.07) is 16.6. The summed E-state index contributed by atoms with van der Waals surface area (Å²) < 4.78 is 20.2. The fourth-order valence-corrected chi connectivity index (χ4v) is 11.7. The maximum atomic E-state index is 11.8. The Morgan fingerprint density at radius 3 is 2.39 bits per heavy atom. The van der Waals surface area contributed by atoms with Crippen LogP contribution in [0.4, 0.5) is 0 Å². The molecule has 0 fully saturated rings. The van der Waals surface area contributed by atoms with E-state index in [0.717, 1.165) is 49.8 Å². The zero-order valence-corrected chi connectivity index (χ0v) is 43.7. The van der Waals surface area contributed by atoms with Crippen LogP contribution in [0.2, 0.25) is 5.82 Å². The van der Waals surface area contributed by atoms with Crippen molar-refractivity contribution in [2.45, 2.75) is 61.7 Å². The molecule has 2 aromatic heterocycles. The van der Waals surface area contributed by atoms with Crippen molar-refractivity contribution in [3.63, 3.8) is 0 Å². The zero-order chi connectivity index (χ0) is 45.2. The van der Waals surface area contributed by atoms with Crippen molar-refractivity contribution in [1.29, 1.82) is 0 Å². The van der Waals surface area contributed by atoms with E-state index in [9.17, 15) is 29.7 Å².